The molecule has 2 aromatic rings. The number of anilines is 1. The third-order valence-electron chi connectivity index (χ3n) is 7.16. The van der Waals surface area contributed by atoms with Gasteiger partial charge in [0.25, 0.3) is 0 Å². The fraction of sp³-hybridized carbons (Fsp3) is 0.762. The van der Waals surface area contributed by atoms with Gasteiger partial charge in [-0.3, -0.25) is 0 Å². The van der Waals surface area contributed by atoms with Crippen LogP contribution in [-0.4, -0.2) is 45.5 Å². The summed E-state index contributed by atoms with van der Waals surface area (Å²) < 4.78 is 0. The maximum atomic E-state index is 6.16. The Labute approximate surface area is 176 Å². The normalized spacial score (nSPS) is 27.4. The number of aryl methyl sites for hydroxylation is 1. The first-order valence-corrected chi connectivity index (χ1v) is 12.1. The highest BCUT2D eigenvalue weighted by Gasteiger charge is 2.44. The number of fused-ring (bicyclic) bond motifs is 1. The van der Waals surface area contributed by atoms with Gasteiger partial charge in [-0.2, -0.15) is 4.98 Å². The topological polar surface area (TPSA) is 53.9 Å². The van der Waals surface area contributed by atoms with Gasteiger partial charge in [0.15, 0.2) is 10.6 Å². The molecule has 0 aromatic carbocycles. The summed E-state index contributed by atoms with van der Waals surface area (Å²) >= 11 is 7.78. The first-order chi connectivity index (χ1) is 13.6. The molecule has 28 heavy (non-hydrogen) atoms. The maximum absolute atomic E-state index is 6.16. The van der Waals surface area contributed by atoms with Gasteiger partial charge in [-0.1, -0.05) is 18.3 Å². The van der Waals surface area contributed by atoms with E-state index in [1.807, 2.05) is 0 Å². The number of piperidine rings is 1. The van der Waals surface area contributed by atoms with Crippen LogP contribution in [-0.2, 0) is 6.42 Å². The van der Waals surface area contributed by atoms with Crippen LogP contribution >= 0.6 is 22.9 Å². The second-order valence-electron chi connectivity index (χ2n) is 9.12. The Morgan fingerprint density at radius 2 is 1.82 bits per heavy atom. The highest BCUT2D eigenvalue weighted by molar-refractivity contribution is 7.18. The van der Waals surface area contributed by atoms with Crippen molar-refractivity contribution in [3.8, 4) is 0 Å². The van der Waals surface area contributed by atoms with Gasteiger partial charge in [0.1, 0.15) is 5.52 Å². The van der Waals surface area contributed by atoms with Gasteiger partial charge in [-0.25, -0.2) is 9.97 Å². The molecule has 0 amide bonds. The number of halogens is 1. The van der Waals surface area contributed by atoms with Crippen LogP contribution in [0.25, 0.3) is 10.3 Å². The van der Waals surface area contributed by atoms with E-state index in [9.17, 15) is 0 Å². The van der Waals surface area contributed by atoms with Crippen LogP contribution in [0.4, 0.5) is 5.82 Å². The smallest absolute Gasteiger partial charge is 0.225 e. The van der Waals surface area contributed by atoms with Crippen molar-refractivity contribution in [1.29, 1.82) is 0 Å². The highest BCUT2D eigenvalue weighted by atomic mass is 35.5. The minimum absolute atomic E-state index is 0.313. The van der Waals surface area contributed by atoms with Gasteiger partial charge >= 0.3 is 0 Å². The zero-order chi connectivity index (χ0) is 19.1. The zero-order valence-corrected chi connectivity index (χ0v) is 18.3. The molecule has 7 heteroatoms. The van der Waals surface area contributed by atoms with Crippen molar-refractivity contribution in [3.63, 3.8) is 0 Å². The van der Waals surface area contributed by atoms with Crippen molar-refractivity contribution in [1.82, 2.24) is 19.9 Å². The molecule has 5 nitrogen and oxygen atoms in total. The highest BCUT2D eigenvalue weighted by Crippen LogP contribution is 2.53. The van der Waals surface area contributed by atoms with Gasteiger partial charge in [0, 0.05) is 12.6 Å². The number of hydrogen-bond donors (Lipinski definition) is 1. The van der Waals surface area contributed by atoms with E-state index in [1.165, 1.54) is 71.0 Å². The first kappa shape index (κ1) is 19.0. The third-order valence-corrected chi connectivity index (χ3v) is 8.42. The fourth-order valence-corrected chi connectivity index (χ4v) is 6.12. The molecule has 3 fully saturated rings. The summed E-state index contributed by atoms with van der Waals surface area (Å²) in [5, 5.41) is 5.04. The molecule has 3 heterocycles. The molecule has 0 radical (unpaired) electrons. The summed E-state index contributed by atoms with van der Waals surface area (Å²) in [5.41, 5.74) is 1.67. The molecule has 2 aromatic heterocycles. The molecule has 1 N–H and O–H groups in total. The average Bonchev–Trinajstić information content (AvgIpc) is 3.32. The van der Waals surface area contributed by atoms with E-state index < -0.39 is 0 Å². The van der Waals surface area contributed by atoms with E-state index in [1.54, 1.807) is 11.3 Å². The van der Waals surface area contributed by atoms with Crippen molar-refractivity contribution in [2.45, 2.75) is 70.8 Å². The second-order valence-corrected chi connectivity index (χ2v) is 10.5. The summed E-state index contributed by atoms with van der Waals surface area (Å²) in [6.45, 7) is 6.09. The Kier molecular flexibility index (Phi) is 5.22. The van der Waals surface area contributed by atoms with Gasteiger partial charge in [0.05, 0.1) is 5.01 Å². The molecule has 3 aliphatic rings. The molecule has 1 saturated heterocycles. The number of aromatic nitrogens is 3. The van der Waals surface area contributed by atoms with Gasteiger partial charge < -0.3 is 10.2 Å². The monoisotopic (exact) mass is 419 g/mol. The SMILES string of the molecule is CCc1nc2c(NC3CCC(CN4CCC5(CC4)CC5)CC3)nc(Cl)nc2s1. The van der Waals surface area contributed by atoms with Crippen LogP contribution in [0.3, 0.4) is 0 Å². The molecule has 5 rings (SSSR count). The van der Waals surface area contributed by atoms with E-state index in [4.69, 9.17) is 16.6 Å². The lowest BCUT2D eigenvalue weighted by Crippen LogP contribution is -2.39. The van der Waals surface area contributed by atoms with E-state index >= 15 is 0 Å². The number of thiazole rings is 1. The lowest BCUT2D eigenvalue weighted by Gasteiger charge is -2.37. The Morgan fingerprint density at radius 1 is 1.07 bits per heavy atom. The van der Waals surface area contributed by atoms with Crippen molar-refractivity contribution in [2.24, 2.45) is 11.3 Å². The van der Waals surface area contributed by atoms with E-state index in [-0.39, 0.29) is 0 Å². The van der Waals surface area contributed by atoms with Crippen LogP contribution in [0.2, 0.25) is 5.28 Å². The number of nitrogens with one attached hydrogen (secondary N) is 1. The quantitative estimate of drug-likeness (QED) is 0.679. The minimum Gasteiger partial charge on any atom is -0.365 e. The van der Waals surface area contributed by atoms with E-state index in [0.29, 0.717) is 11.3 Å². The number of hydrogen-bond acceptors (Lipinski definition) is 6. The molecule has 2 saturated carbocycles. The minimum atomic E-state index is 0.313. The van der Waals surface area contributed by atoms with Gasteiger partial charge in [-0.05, 0) is 93.8 Å². The summed E-state index contributed by atoms with van der Waals surface area (Å²) in [7, 11) is 0. The predicted octanol–water partition coefficient (Wildman–Crippen LogP) is 5.15. The number of nitrogens with zero attached hydrogens (tertiary/aromatic N) is 4. The Hall–Kier alpha value is -0.980. The Bertz CT molecular complexity index is 831. The number of rotatable bonds is 5. The fourth-order valence-electron chi connectivity index (χ4n) is 5.03. The standard InChI is InChI=1S/C21H30ClN5S/c1-2-16-24-17-18(25-20(22)26-19(17)28-16)23-15-5-3-14(4-6-15)13-27-11-9-21(7-8-21)10-12-27/h14-15H,2-13H2,1H3,(H,23,25,26). The third kappa shape index (κ3) is 4.01. The average molecular weight is 420 g/mol. The Balaban J connectivity index is 1.16. The molecule has 1 spiro atoms. The largest absolute Gasteiger partial charge is 0.365 e. The van der Waals surface area contributed by atoms with Crippen LogP contribution < -0.4 is 5.32 Å². The van der Waals surface area contributed by atoms with Crippen LogP contribution in [0.1, 0.15) is 63.3 Å². The van der Waals surface area contributed by atoms with Crippen molar-refractivity contribution < 1.29 is 0 Å². The molecule has 0 unspecified atom stereocenters. The van der Waals surface area contributed by atoms with Crippen LogP contribution in [0.5, 0.6) is 0 Å². The summed E-state index contributed by atoms with van der Waals surface area (Å²) in [4.78, 5) is 17.1. The van der Waals surface area contributed by atoms with Gasteiger partial charge in [-0.15, -0.1) is 0 Å². The Morgan fingerprint density at radius 3 is 2.50 bits per heavy atom. The van der Waals surface area contributed by atoms with Crippen LogP contribution in [0, 0.1) is 11.3 Å². The molecular weight excluding hydrogens is 390 g/mol. The van der Waals surface area contributed by atoms with Crippen molar-refractivity contribution in [3.05, 3.63) is 10.3 Å². The molecule has 152 valence electrons. The second kappa shape index (κ2) is 7.69. The predicted molar refractivity (Wildman–Crippen MR) is 116 cm³/mol. The van der Waals surface area contributed by atoms with Gasteiger partial charge in [0.2, 0.25) is 5.28 Å². The van der Waals surface area contributed by atoms with Crippen molar-refractivity contribution >= 4 is 39.1 Å². The molecule has 0 atom stereocenters. The molecule has 0 bridgehead atoms. The summed E-state index contributed by atoms with van der Waals surface area (Å²) in [5.74, 6) is 1.67. The molecule has 1 aliphatic heterocycles. The van der Waals surface area contributed by atoms with E-state index in [0.717, 1.165) is 38.9 Å². The zero-order valence-electron chi connectivity index (χ0n) is 16.7. The number of likely N-dealkylation sites (tertiary alicyclic amines) is 1. The molecule has 2 aliphatic carbocycles. The lowest BCUT2D eigenvalue weighted by atomic mass is 9.84. The summed E-state index contributed by atoms with van der Waals surface area (Å²) in [6, 6.07) is 0.466. The van der Waals surface area contributed by atoms with Crippen molar-refractivity contribution in [2.75, 3.05) is 25.0 Å². The molecular formula is C21H30ClN5S. The van der Waals surface area contributed by atoms with Crippen LogP contribution in [0.15, 0.2) is 0 Å². The lowest BCUT2D eigenvalue weighted by molar-refractivity contribution is 0.136. The van der Waals surface area contributed by atoms with E-state index in [2.05, 4.69) is 27.1 Å². The summed E-state index contributed by atoms with van der Waals surface area (Å²) in [6.07, 6.45) is 11.8. The first-order valence-electron chi connectivity index (χ1n) is 10.9. The maximum Gasteiger partial charge on any atom is 0.225 e.